The Morgan fingerprint density at radius 2 is 1.87 bits per heavy atom. The number of hydrogen-bond acceptors (Lipinski definition) is 4. The maximum absolute atomic E-state index is 13.9. The number of likely N-dealkylation sites (tertiary alicyclic amines) is 1. The van der Waals surface area contributed by atoms with Gasteiger partial charge in [-0.15, -0.1) is 0 Å². The highest BCUT2D eigenvalue weighted by molar-refractivity contribution is 5.89. The molecule has 31 heavy (non-hydrogen) atoms. The quantitative estimate of drug-likeness (QED) is 0.437. The molecule has 1 aromatic carbocycles. The highest BCUT2D eigenvalue weighted by Gasteiger charge is 2.45. The molecule has 5 nitrogen and oxygen atoms in total. The molecule has 0 radical (unpaired) electrons. The van der Waals surface area contributed by atoms with E-state index in [1.807, 2.05) is 0 Å². The van der Waals surface area contributed by atoms with E-state index >= 15 is 0 Å². The Bertz CT molecular complexity index is 785. The van der Waals surface area contributed by atoms with Gasteiger partial charge in [0.1, 0.15) is 11.6 Å². The normalized spacial score (nSPS) is 18.5. The van der Waals surface area contributed by atoms with Crippen molar-refractivity contribution in [3.63, 3.8) is 0 Å². The van der Waals surface area contributed by atoms with E-state index in [9.17, 15) is 14.0 Å². The van der Waals surface area contributed by atoms with Gasteiger partial charge < -0.3 is 14.4 Å². The summed E-state index contributed by atoms with van der Waals surface area (Å²) in [5.41, 5.74) is 0.405. The van der Waals surface area contributed by atoms with E-state index in [0.29, 0.717) is 30.1 Å². The molecule has 2 aliphatic rings. The Balaban J connectivity index is 1.33. The smallest absolute Gasteiger partial charge is 0.340 e. The van der Waals surface area contributed by atoms with Crippen molar-refractivity contribution in [2.75, 3.05) is 26.8 Å². The molecular formula is C25H36FNO4. The van der Waals surface area contributed by atoms with Crippen molar-refractivity contribution in [2.24, 2.45) is 16.7 Å². The van der Waals surface area contributed by atoms with Crippen LogP contribution >= 0.6 is 0 Å². The topological polar surface area (TPSA) is 55.8 Å². The first-order valence-electron chi connectivity index (χ1n) is 11.4. The Kier molecular flexibility index (Phi) is 7.28. The fourth-order valence-electron chi connectivity index (χ4n) is 5.00. The maximum atomic E-state index is 13.9. The second kappa shape index (κ2) is 9.58. The molecule has 1 spiro atoms. The van der Waals surface area contributed by atoms with E-state index < -0.39 is 11.8 Å². The van der Waals surface area contributed by atoms with Gasteiger partial charge in [0.05, 0.1) is 19.3 Å². The Morgan fingerprint density at radius 3 is 2.45 bits per heavy atom. The first-order chi connectivity index (χ1) is 14.6. The van der Waals surface area contributed by atoms with Crippen molar-refractivity contribution < 1.29 is 23.5 Å². The van der Waals surface area contributed by atoms with Crippen LogP contribution in [-0.2, 0) is 9.53 Å². The van der Waals surface area contributed by atoms with Gasteiger partial charge >= 0.3 is 5.97 Å². The van der Waals surface area contributed by atoms with Crippen molar-refractivity contribution in [1.29, 1.82) is 0 Å². The highest BCUT2D eigenvalue weighted by atomic mass is 19.1. The number of methoxy groups -OCH3 is 1. The lowest BCUT2D eigenvalue weighted by atomic mass is 9.56. The fraction of sp³-hybridized carbons (Fsp3) is 0.680. The number of ether oxygens (including phenoxy) is 2. The number of halogens is 1. The van der Waals surface area contributed by atoms with E-state index in [1.54, 1.807) is 6.07 Å². The predicted octanol–water partition coefficient (Wildman–Crippen LogP) is 5.23. The van der Waals surface area contributed by atoms with Crippen LogP contribution in [0.4, 0.5) is 4.39 Å². The van der Waals surface area contributed by atoms with Crippen molar-refractivity contribution in [1.82, 2.24) is 4.90 Å². The van der Waals surface area contributed by atoms with E-state index in [0.717, 1.165) is 44.7 Å². The molecule has 0 bridgehead atoms. The maximum Gasteiger partial charge on any atom is 0.340 e. The molecule has 0 unspecified atom stereocenters. The number of hydrogen-bond donors (Lipinski definition) is 0. The fourth-order valence-corrected chi connectivity index (χ4v) is 5.00. The molecule has 0 atom stereocenters. The van der Waals surface area contributed by atoms with Crippen LogP contribution in [0.15, 0.2) is 18.2 Å². The largest absolute Gasteiger partial charge is 0.493 e. The van der Waals surface area contributed by atoms with Crippen LogP contribution in [0.25, 0.3) is 0 Å². The van der Waals surface area contributed by atoms with Crippen molar-refractivity contribution in [2.45, 2.75) is 65.7 Å². The van der Waals surface area contributed by atoms with Gasteiger partial charge in [-0.1, -0.05) is 20.8 Å². The summed E-state index contributed by atoms with van der Waals surface area (Å²) < 4.78 is 24.1. The van der Waals surface area contributed by atoms with Crippen molar-refractivity contribution in [3.05, 3.63) is 29.6 Å². The van der Waals surface area contributed by atoms with Crippen molar-refractivity contribution >= 4 is 11.9 Å². The van der Waals surface area contributed by atoms with Gasteiger partial charge in [-0.3, -0.25) is 4.79 Å². The number of amides is 1. The van der Waals surface area contributed by atoms with E-state index in [2.05, 4.69) is 30.4 Å². The van der Waals surface area contributed by atoms with E-state index in [4.69, 9.17) is 4.74 Å². The van der Waals surface area contributed by atoms with Gasteiger partial charge in [0.2, 0.25) is 5.91 Å². The van der Waals surface area contributed by atoms with Crippen LogP contribution in [-0.4, -0.2) is 43.6 Å². The third-order valence-electron chi connectivity index (χ3n) is 6.67. The number of piperidine rings is 1. The second-order valence-corrected chi connectivity index (χ2v) is 10.5. The summed E-state index contributed by atoms with van der Waals surface area (Å²) in [5.74, 6) is 0.137. The molecule has 1 amide bonds. The molecular weight excluding hydrogens is 397 g/mol. The summed E-state index contributed by atoms with van der Waals surface area (Å²) in [5, 5.41) is 0. The molecule has 1 aromatic rings. The first-order valence-corrected chi connectivity index (χ1v) is 11.4. The monoisotopic (exact) mass is 433 g/mol. The third-order valence-corrected chi connectivity index (χ3v) is 6.67. The molecule has 1 saturated heterocycles. The molecule has 1 saturated carbocycles. The zero-order valence-electron chi connectivity index (χ0n) is 19.3. The predicted molar refractivity (Wildman–Crippen MR) is 118 cm³/mol. The molecule has 6 heteroatoms. The average Bonchev–Trinajstić information content (AvgIpc) is 2.68. The Morgan fingerprint density at radius 1 is 1.19 bits per heavy atom. The van der Waals surface area contributed by atoms with Crippen LogP contribution in [0.1, 0.15) is 76.1 Å². The molecule has 0 N–H and O–H groups in total. The van der Waals surface area contributed by atoms with Crippen LogP contribution in [0.5, 0.6) is 5.75 Å². The summed E-state index contributed by atoms with van der Waals surface area (Å²) in [4.78, 5) is 25.9. The minimum Gasteiger partial charge on any atom is -0.493 e. The summed E-state index contributed by atoms with van der Waals surface area (Å²) in [6.07, 6.45) is 7.41. The zero-order valence-corrected chi connectivity index (χ0v) is 19.3. The van der Waals surface area contributed by atoms with Crippen molar-refractivity contribution in [3.8, 4) is 5.75 Å². The summed E-state index contributed by atoms with van der Waals surface area (Å²) in [6.45, 7) is 8.69. The van der Waals surface area contributed by atoms with Gasteiger partial charge in [0, 0.05) is 25.6 Å². The van der Waals surface area contributed by atoms with Gasteiger partial charge in [-0.25, -0.2) is 9.18 Å². The number of rotatable bonds is 7. The molecule has 0 aromatic heterocycles. The molecule has 2 fully saturated rings. The van der Waals surface area contributed by atoms with E-state index in [-0.39, 0.29) is 11.0 Å². The van der Waals surface area contributed by atoms with Gasteiger partial charge in [-0.05, 0) is 67.4 Å². The van der Waals surface area contributed by atoms with Crippen LogP contribution in [0.2, 0.25) is 0 Å². The lowest BCUT2D eigenvalue weighted by molar-refractivity contribution is -0.137. The van der Waals surface area contributed by atoms with E-state index in [1.165, 1.54) is 32.1 Å². The number of esters is 1. The molecule has 1 aliphatic carbocycles. The minimum absolute atomic E-state index is 0.0466. The summed E-state index contributed by atoms with van der Waals surface area (Å²) >= 11 is 0. The molecule has 1 aliphatic heterocycles. The average molecular weight is 434 g/mol. The summed E-state index contributed by atoms with van der Waals surface area (Å²) in [7, 11) is 1.23. The van der Waals surface area contributed by atoms with Crippen LogP contribution < -0.4 is 4.74 Å². The lowest BCUT2D eigenvalue weighted by Crippen LogP contribution is -2.49. The first kappa shape index (κ1) is 23.6. The van der Waals surface area contributed by atoms with Gasteiger partial charge in [-0.2, -0.15) is 0 Å². The second-order valence-electron chi connectivity index (χ2n) is 10.5. The van der Waals surface area contributed by atoms with Gasteiger partial charge in [0.25, 0.3) is 0 Å². The minimum atomic E-state index is -0.688. The molecule has 1 heterocycles. The standard InChI is InChI=1S/C25H36FNO4/c1-24(2,3)17-22(28)27-11-9-25(10-12-27)15-18(16-25)6-5-13-31-19-7-8-20(21(26)14-19)23(29)30-4/h7-8,14,18H,5-6,9-13,15-17H2,1-4H3. The number of nitrogens with zero attached hydrogens (tertiary/aromatic N) is 1. The summed E-state index contributed by atoms with van der Waals surface area (Å²) in [6, 6.07) is 4.23. The molecule has 3 rings (SSSR count). The lowest BCUT2D eigenvalue weighted by Gasteiger charge is -2.52. The third kappa shape index (κ3) is 6.20. The van der Waals surface area contributed by atoms with Crippen LogP contribution in [0.3, 0.4) is 0 Å². The SMILES string of the molecule is COC(=O)c1ccc(OCCCC2CC3(CCN(C(=O)CC(C)(C)C)CC3)C2)cc1F. The Hall–Kier alpha value is -2.11. The zero-order chi connectivity index (χ0) is 22.6. The number of carbonyl (C=O) groups excluding carboxylic acids is 2. The van der Waals surface area contributed by atoms with Gasteiger partial charge in [0.15, 0.2) is 0 Å². The number of carbonyl (C=O) groups is 2. The number of benzene rings is 1. The Labute approximate surface area is 185 Å². The van der Waals surface area contributed by atoms with Crippen LogP contribution in [0, 0.1) is 22.6 Å². The highest BCUT2D eigenvalue weighted by Crippen LogP contribution is 2.54. The molecule has 172 valence electrons.